The van der Waals surface area contributed by atoms with Crippen LogP contribution in [0.4, 0.5) is 0 Å². The lowest BCUT2D eigenvalue weighted by molar-refractivity contribution is 0.0901. The fraction of sp³-hybridized carbons (Fsp3) is 1.00. The zero-order chi connectivity index (χ0) is 13.0. The third-order valence-corrected chi connectivity index (χ3v) is 4.44. The summed E-state index contributed by atoms with van der Waals surface area (Å²) < 4.78 is 5.66. The molecule has 0 bridgehead atoms. The number of piperazine rings is 1. The Balaban J connectivity index is 1.67. The Labute approximate surface area is 111 Å². The largest absolute Gasteiger partial charge is 0.378 e. The summed E-state index contributed by atoms with van der Waals surface area (Å²) >= 11 is 0. The van der Waals surface area contributed by atoms with Gasteiger partial charge < -0.3 is 20.3 Å². The van der Waals surface area contributed by atoms with Crippen molar-refractivity contribution in [2.45, 2.75) is 50.3 Å². The van der Waals surface area contributed by atoms with E-state index in [-0.39, 0.29) is 0 Å². The Morgan fingerprint density at radius 1 is 1.33 bits per heavy atom. The van der Waals surface area contributed by atoms with Crippen LogP contribution in [0.2, 0.25) is 0 Å². The standard InChI is InChI=1S/C14H29N3O/c1-16-7-8-17(2)13(11-16)10-12(15)5-6-14-4-3-9-18-14/h12-14H,3-11,15H2,1-2H3. The van der Waals surface area contributed by atoms with Crippen molar-refractivity contribution in [3.63, 3.8) is 0 Å². The van der Waals surface area contributed by atoms with Gasteiger partial charge in [0, 0.05) is 38.3 Å². The van der Waals surface area contributed by atoms with E-state index in [0.29, 0.717) is 18.2 Å². The Morgan fingerprint density at radius 2 is 2.17 bits per heavy atom. The summed E-state index contributed by atoms with van der Waals surface area (Å²) in [6.45, 7) is 4.46. The molecule has 4 heteroatoms. The van der Waals surface area contributed by atoms with Crippen LogP contribution < -0.4 is 5.73 Å². The monoisotopic (exact) mass is 255 g/mol. The van der Waals surface area contributed by atoms with Gasteiger partial charge in [0.05, 0.1) is 6.10 Å². The maximum Gasteiger partial charge on any atom is 0.0576 e. The van der Waals surface area contributed by atoms with E-state index in [1.54, 1.807) is 0 Å². The quantitative estimate of drug-likeness (QED) is 0.793. The number of ether oxygens (including phenoxy) is 1. The van der Waals surface area contributed by atoms with E-state index in [0.717, 1.165) is 32.4 Å². The van der Waals surface area contributed by atoms with Gasteiger partial charge in [-0.25, -0.2) is 0 Å². The summed E-state index contributed by atoms with van der Waals surface area (Å²) in [7, 11) is 4.43. The zero-order valence-electron chi connectivity index (χ0n) is 12.0. The fourth-order valence-electron chi connectivity index (χ4n) is 3.10. The second-order valence-electron chi connectivity index (χ2n) is 6.10. The van der Waals surface area contributed by atoms with Crippen molar-refractivity contribution in [2.75, 3.05) is 40.3 Å². The van der Waals surface area contributed by atoms with Gasteiger partial charge in [-0.05, 0) is 46.2 Å². The van der Waals surface area contributed by atoms with Crippen LogP contribution in [0.15, 0.2) is 0 Å². The summed E-state index contributed by atoms with van der Waals surface area (Å²) in [4.78, 5) is 4.88. The topological polar surface area (TPSA) is 41.7 Å². The zero-order valence-corrected chi connectivity index (χ0v) is 12.0. The Morgan fingerprint density at radius 3 is 2.89 bits per heavy atom. The molecule has 106 valence electrons. The molecule has 3 unspecified atom stereocenters. The van der Waals surface area contributed by atoms with Crippen molar-refractivity contribution in [1.29, 1.82) is 0 Å². The van der Waals surface area contributed by atoms with Gasteiger partial charge in [-0.2, -0.15) is 0 Å². The number of nitrogens with two attached hydrogens (primary N) is 1. The molecule has 2 aliphatic heterocycles. The second-order valence-corrected chi connectivity index (χ2v) is 6.10. The van der Waals surface area contributed by atoms with E-state index in [4.69, 9.17) is 10.5 Å². The van der Waals surface area contributed by atoms with Crippen LogP contribution in [0.1, 0.15) is 32.1 Å². The summed E-state index contributed by atoms with van der Waals surface area (Å²) in [6, 6.07) is 0.955. The van der Waals surface area contributed by atoms with Gasteiger partial charge in [-0.15, -0.1) is 0 Å². The molecule has 0 spiro atoms. The summed E-state index contributed by atoms with van der Waals surface area (Å²) in [5.74, 6) is 0. The maximum atomic E-state index is 6.29. The predicted octanol–water partition coefficient (Wildman–Crippen LogP) is 0.909. The molecule has 2 fully saturated rings. The molecule has 0 aliphatic carbocycles. The molecule has 0 aromatic rings. The first-order valence-electron chi connectivity index (χ1n) is 7.41. The first kappa shape index (κ1) is 14.3. The molecule has 0 aromatic carbocycles. The molecule has 0 amide bonds. The second kappa shape index (κ2) is 6.85. The van der Waals surface area contributed by atoms with Gasteiger partial charge in [-0.1, -0.05) is 0 Å². The number of hydrogen-bond acceptors (Lipinski definition) is 4. The first-order chi connectivity index (χ1) is 8.65. The van der Waals surface area contributed by atoms with Crippen LogP contribution in [0.3, 0.4) is 0 Å². The minimum Gasteiger partial charge on any atom is -0.378 e. The lowest BCUT2D eigenvalue weighted by Crippen LogP contribution is -2.51. The van der Waals surface area contributed by atoms with E-state index in [1.807, 2.05) is 0 Å². The molecule has 2 N–H and O–H groups in total. The van der Waals surface area contributed by atoms with Gasteiger partial charge in [0.1, 0.15) is 0 Å². The van der Waals surface area contributed by atoms with Gasteiger partial charge in [0.25, 0.3) is 0 Å². The number of nitrogens with zero attached hydrogens (tertiary/aromatic N) is 2. The van der Waals surface area contributed by atoms with E-state index < -0.39 is 0 Å². The molecule has 2 heterocycles. The minimum absolute atomic E-state index is 0.327. The van der Waals surface area contributed by atoms with Crippen LogP contribution in [-0.4, -0.2) is 68.3 Å². The summed E-state index contributed by atoms with van der Waals surface area (Å²) in [6.07, 6.45) is 6.33. The van der Waals surface area contributed by atoms with Crippen molar-refractivity contribution in [3.8, 4) is 0 Å². The Bertz CT molecular complexity index is 243. The molecule has 0 saturated carbocycles. The highest BCUT2D eigenvalue weighted by molar-refractivity contribution is 4.82. The van der Waals surface area contributed by atoms with Crippen LogP contribution in [-0.2, 0) is 4.74 Å². The molecule has 2 aliphatic rings. The molecular weight excluding hydrogens is 226 g/mol. The van der Waals surface area contributed by atoms with Crippen molar-refractivity contribution in [3.05, 3.63) is 0 Å². The average molecular weight is 255 g/mol. The SMILES string of the molecule is CN1CCN(C)C(CC(N)CCC2CCCO2)C1. The average Bonchev–Trinajstić information content (AvgIpc) is 2.84. The summed E-state index contributed by atoms with van der Waals surface area (Å²) in [5.41, 5.74) is 6.29. The molecule has 2 rings (SSSR count). The number of hydrogen-bond donors (Lipinski definition) is 1. The van der Waals surface area contributed by atoms with Gasteiger partial charge in [0.2, 0.25) is 0 Å². The molecular formula is C14H29N3O. The predicted molar refractivity (Wildman–Crippen MR) is 74.7 cm³/mol. The first-order valence-corrected chi connectivity index (χ1v) is 7.41. The molecule has 0 radical (unpaired) electrons. The van der Waals surface area contributed by atoms with E-state index in [1.165, 1.54) is 25.9 Å². The highest BCUT2D eigenvalue weighted by Crippen LogP contribution is 2.19. The lowest BCUT2D eigenvalue weighted by Gasteiger charge is -2.38. The third kappa shape index (κ3) is 4.19. The molecule has 2 saturated heterocycles. The summed E-state index contributed by atoms with van der Waals surface area (Å²) in [5, 5.41) is 0. The van der Waals surface area contributed by atoms with Gasteiger partial charge in [-0.3, -0.25) is 0 Å². The molecule has 3 atom stereocenters. The van der Waals surface area contributed by atoms with Crippen LogP contribution in [0.5, 0.6) is 0 Å². The van der Waals surface area contributed by atoms with E-state index in [9.17, 15) is 0 Å². The van der Waals surface area contributed by atoms with E-state index >= 15 is 0 Å². The normalized spacial score (nSPS) is 32.8. The van der Waals surface area contributed by atoms with Crippen LogP contribution >= 0.6 is 0 Å². The van der Waals surface area contributed by atoms with Crippen molar-refractivity contribution >= 4 is 0 Å². The van der Waals surface area contributed by atoms with Crippen LogP contribution in [0.25, 0.3) is 0 Å². The van der Waals surface area contributed by atoms with Gasteiger partial charge in [0.15, 0.2) is 0 Å². The van der Waals surface area contributed by atoms with Crippen LogP contribution in [0, 0.1) is 0 Å². The number of rotatable bonds is 5. The highest BCUT2D eigenvalue weighted by Gasteiger charge is 2.24. The fourth-order valence-corrected chi connectivity index (χ4v) is 3.10. The molecule has 0 aromatic heterocycles. The Hall–Kier alpha value is -0.160. The maximum absolute atomic E-state index is 6.29. The molecule has 18 heavy (non-hydrogen) atoms. The highest BCUT2D eigenvalue weighted by atomic mass is 16.5. The van der Waals surface area contributed by atoms with Crippen molar-refractivity contribution in [1.82, 2.24) is 9.80 Å². The van der Waals surface area contributed by atoms with Crippen molar-refractivity contribution < 1.29 is 4.74 Å². The molecule has 4 nitrogen and oxygen atoms in total. The smallest absolute Gasteiger partial charge is 0.0576 e. The number of likely N-dealkylation sites (N-methyl/N-ethyl adjacent to an activating group) is 2. The lowest BCUT2D eigenvalue weighted by atomic mass is 9.98. The van der Waals surface area contributed by atoms with E-state index in [2.05, 4.69) is 23.9 Å². The Kier molecular flexibility index (Phi) is 5.42. The minimum atomic E-state index is 0.327. The third-order valence-electron chi connectivity index (χ3n) is 4.44. The van der Waals surface area contributed by atoms with Gasteiger partial charge >= 0.3 is 0 Å². The van der Waals surface area contributed by atoms with Crippen molar-refractivity contribution in [2.24, 2.45) is 5.73 Å².